The Hall–Kier alpha value is -2.46. The third-order valence-electron chi connectivity index (χ3n) is 6.11. The smallest absolute Gasteiger partial charge is 0.238 e. The Balaban J connectivity index is 1.38. The van der Waals surface area contributed by atoms with E-state index in [1.807, 2.05) is 36.4 Å². The van der Waals surface area contributed by atoms with Crippen molar-refractivity contribution in [3.8, 4) is 5.75 Å². The molecular formula is C24H33N5O3S. The maximum Gasteiger partial charge on any atom is 0.238 e. The molecule has 1 aliphatic heterocycles. The maximum absolute atomic E-state index is 11.8. The van der Waals surface area contributed by atoms with Gasteiger partial charge in [0, 0.05) is 39.3 Å². The van der Waals surface area contributed by atoms with Crippen LogP contribution in [0.5, 0.6) is 5.75 Å². The minimum Gasteiger partial charge on any atom is -0.492 e. The highest BCUT2D eigenvalue weighted by Crippen LogP contribution is 2.22. The van der Waals surface area contributed by atoms with Crippen LogP contribution >= 0.6 is 0 Å². The Bertz CT molecular complexity index is 1160. The number of primary sulfonamides is 1. The molecule has 4 rings (SSSR count). The van der Waals surface area contributed by atoms with Gasteiger partial charge >= 0.3 is 0 Å². The molecule has 0 saturated carbocycles. The first kappa shape index (κ1) is 23.7. The van der Waals surface area contributed by atoms with E-state index in [4.69, 9.17) is 14.9 Å². The summed E-state index contributed by atoms with van der Waals surface area (Å²) in [6, 6.07) is 14.9. The Labute approximate surface area is 196 Å². The van der Waals surface area contributed by atoms with E-state index < -0.39 is 10.0 Å². The first-order valence-electron chi connectivity index (χ1n) is 11.6. The number of ether oxygens (including phenoxy) is 1. The van der Waals surface area contributed by atoms with Gasteiger partial charge in [0.1, 0.15) is 18.2 Å². The number of rotatable bonds is 10. The topological polar surface area (TPSA) is 93.7 Å². The number of imidazole rings is 1. The molecule has 3 aromatic rings. The number of nitrogens with zero attached hydrogens (tertiary/aromatic N) is 4. The van der Waals surface area contributed by atoms with Crippen LogP contribution in [0.2, 0.25) is 0 Å². The van der Waals surface area contributed by atoms with E-state index in [1.165, 1.54) is 0 Å². The molecule has 9 heteroatoms. The number of sulfonamides is 1. The molecule has 1 fully saturated rings. The number of nitrogens with two attached hydrogens (primary N) is 1. The average Bonchev–Trinajstić information content (AvgIpc) is 3.15. The van der Waals surface area contributed by atoms with Gasteiger partial charge in [0.15, 0.2) is 0 Å². The molecule has 2 N–H and O–H groups in total. The van der Waals surface area contributed by atoms with Gasteiger partial charge in [0.2, 0.25) is 10.0 Å². The van der Waals surface area contributed by atoms with Crippen molar-refractivity contribution in [2.24, 2.45) is 5.14 Å². The molecule has 1 aromatic heterocycles. The SMILES string of the molecule is CCCCn1c(CN2CCN(CCOc3ccccc3)CC2)nc2cc(S(N)(=O)=O)ccc21. The fourth-order valence-corrected chi connectivity index (χ4v) is 4.74. The molecule has 0 bridgehead atoms. The summed E-state index contributed by atoms with van der Waals surface area (Å²) in [5.74, 6) is 1.89. The fourth-order valence-electron chi connectivity index (χ4n) is 4.20. The van der Waals surface area contributed by atoms with E-state index in [9.17, 15) is 8.42 Å². The summed E-state index contributed by atoms with van der Waals surface area (Å²) in [6.45, 7) is 9.28. The summed E-state index contributed by atoms with van der Waals surface area (Å²) >= 11 is 0. The van der Waals surface area contributed by atoms with E-state index in [2.05, 4.69) is 21.3 Å². The molecule has 178 valence electrons. The van der Waals surface area contributed by atoms with Crippen LogP contribution in [0.1, 0.15) is 25.6 Å². The van der Waals surface area contributed by atoms with Crippen LogP contribution in [0.3, 0.4) is 0 Å². The lowest BCUT2D eigenvalue weighted by Gasteiger charge is -2.34. The number of para-hydroxylation sites is 1. The van der Waals surface area contributed by atoms with Crippen molar-refractivity contribution in [1.29, 1.82) is 0 Å². The van der Waals surface area contributed by atoms with E-state index in [0.29, 0.717) is 12.1 Å². The average molecular weight is 472 g/mol. The molecular weight excluding hydrogens is 438 g/mol. The third kappa shape index (κ3) is 6.11. The molecule has 1 saturated heterocycles. The van der Waals surface area contributed by atoms with E-state index in [0.717, 1.165) is 75.7 Å². The molecule has 33 heavy (non-hydrogen) atoms. The van der Waals surface area contributed by atoms with Crippen molar-refractivity contribution in [3.63, 3.8) is 0 Å². The second-order valence-corrected chi connectivity index (χ2v) is 10.1. The van der Waals surface area contributed by atoms with Gasteiger partial charge in [-0.2, -0.15) is 0 Å². The largest absolute Gasteiger partial charge is 0.492 e. The summed E-state index contributed by atoms with van der Waals surface area (Å²) in [6.07, 6.45) is 2.13. The number of fused-ring (bicyclic) bond motifs is 1. The van der Waals surface area contributed by atoms with Gasteiger partial charge in [-0.1, -0.05) is 31.5 Å². The van der Waals surface area contributed by atoms with Crippen LogP contribution in [-0.2, 0) is 23.1 Å². The van der Waals surface area contributed by atoms with Crippen LogP contribution in [0, 0.1) is 0 Å². The van der Waals surface area contributed by atoms with Crippen LogP contribution in [0.25, 0.3) is 11.0 Å². The van der Waals surface area contributed by atoms with Crippen molar-refractivity contribution >= 4 is 21.1 Å². The molecule has 0 spiro atoms. The number of benzene rings is 2. The molecule has 1 aliphatic rings. The van der Waals surface area contributed by atoms with Crippen molar-refractivity contribution in [2.75, 3.05) is 39.3 Å². The highest BCUT2D eigenvalue weighted by molar-refractivity contribution is 7.89. The summed E-state index contributed by atoms with van der Waals surface area (Å²) < 4.78 is 31.6. The Morgan fingerprint density at radius 3 is 2.42 bits per heavy atom. The molecule has 0 amide bonds. The lowest BCUT2D eigenvalue weighted by molar-refractivity contribution is 0.110. The number of aryl methyl sites for hydroxylation is 1. The van der Waals surface area contributed by atoms with Crippen molar-refractivity contribution in [2.45, 2.75) is 37.8 Å². The first-order valence-corrected chi connectivity index (χ1v) is 13.1. The van der Waals surface area contributed by atoms with E-state index in [1.54, 1.807) is 12.1 Å². The van der Waals surface area contributed by atoms with E-state index >= 15 is 0 Å². The second kappa shape index (κ2) is 10.6. The zero-order valence-corrected chi connectivity index (χ0v) is 20.0. The second-order valence-electron chi connectivity index (χ2n) is 8.51. The van der Waals surface area contributed by atoms with Crippen molar-refractivity contribution in [3.05, 3.63) is 54.4 Å². The fraction of sp³-hybridized carbons (Fsp3) is 0.458. The monoisotopic (exact) mass is 471 g/mol. The maximum atomic E-state index is 11.8. The van der Waals surface area contributed by atoms with Crippen molar-refractivity contribution in [1.82, 2.24) is 19.4 Å². The van der Waals surface area contributed by atoms with Gasteiger partial charge in [0.05, 0.1) is 22.5 Å². The molecule has 2 aromatic carbocycles. The third-order valence-corrected chi connectivity index (χ3v) is 7.02. The lowest BCUT2D eigenvalue weighted by atomic mass is 10.3. The van der Waals surface area contributed by atoms with Gasteiger partial charge in [0.25, 0.3) is 0 Å². The highest BCUT2D eigenvalue weighted by atomic mass is 32.2. The zero-order chi connectivity index (χ0) is 23.3. The molecule has 0 atom stereocenters. The minimum atomic E-state index is -3.75. The molecule has 8 nitrogen and oxygen atoms in total. The number of piperazine rings is 1. The van der Waals surface area contributed by atoms with Crippen LogP contribution in [-0.4, -0.2) is 67.1 Å². The quantitative estimate of drug-likeness (QED) is 0.489. The van der Waals surface area contributed by atoms with Gasteiger partial charge < -0.3 is 9.30 Å². The normalized spacial score (nSPS) is 15.8. The van der Waals surface area contributed by atoms with Crippen LogP contribution in [0.4, 0.5) is 0 Å². The lowest BCUT2D eigenvalue weighted by Crippen LogP contribution is -2.47. The molecule has 0 unspecified atom stereocenters. The van der Waals surface area contributed by atoms with Crippen LogP contribution < -0.4 is 9.88 Å². The van der Waals surface area contributed by atoms with Gasteiger partial charge in [-0.25, -0.2) is 18.5 Å². The standard InChI is InChI=1S/C24H33N5O3S/c1-2-3-11-29-23-10-9-21(33(25,30)31)18-22(23)26-24(29)19-28-14-12-27(13-15-28)16-17-32-20-7-5-4-6-8-20/h4-10,18H,2-3,11-17,19H2,1H3,(H2,25,30,31). The Kier molecular flexibility index (Phi) is 7.64. The molecule has 0 radical (unpaired) electrons. The summed E-state index contributed by atoms with van der Waals surface area (Å²) in [5, 5.41) is 5.32. The van der Waals surface area contributed by atoms with E-state index in [-0.39, 0.29) is 4.90 Å². The molecule has 2 heterocycles. The predicted octanol–water partition coefficient (Wildman–Crippen LogP) is 2.68. The summed E-state index contributed by atoms with van der Waals surface area (Å²) in [7, 11) is -3.75. The highest BCUT2D eigenvalue weighted by Gasteiger charge is 2.20. The Morgan fingerprint density at radius 2 is 1.73 bits per heavy atom. The predicted molar refractivity (Wildman–Crippen MR) is 130 cm³/mol. The summed E-state index contributed by atoms with van der Waals surface area (Å²) in [4.78, 5) is 9.75. The number of hydrogen-bond donors (Lipinski definition) is 1. The van der Waals surface area contributed by atoms with Gasteiger partial charge in [-0.3, -0.25) is 9.80 Å². The minimum absolute atomic E-state index is 0.105. The Morgan fingerprint density at radius 1 is 1.00 bits per heavy atom. The van der Waals surface area contributed by atoms with Gasteiger partial charge in [-0.15, -0.1) is 0 Å². The van der Waals surface area contributed by atoms with Crippen molar-refractivity contribution < 1.29 is 13.2 Å². The van der Waals surface area contributed by atoms with Gasteiger partial charge in [-0.05, 0) is 36.8 Å². The first-order chi connectivity index (χ1) is 15.9. The zero-order valence-electron chi connectivity index (χ0n) is 19.2. The molecule has 0 aliphatic carbocycles. The number of hydrogen-bond acceptors (Lipinski definition) is 6. The number of aromatic nitrogens is 2. The summed E-state index contributed by atoms with van der Waals surface area (Å²) in [5.41, 5.74) is 1.65. The number of unbranched alkanes of at least 4 members (excludes halogenated alkanes) is 1. The van der Waals surface area contributed by atoms with Crippen LogP contribution in [0.15, 0.2) is 53.4 Å².